The maximum atomic E-state index is 11.1. The molecule has 4 N–H and O–H groups in total. The van der Waals surface area contributed by atoms with Gasteiger partial charge in [0.15, 0.2) is 5.96 Å². The van der Waals surface area contributed by atoms with E-state index in [1.165, 1.54) is 12.5 Å². The molecule has 0 aliphatic carbocycles. The number of nitrogens with zero attached hydrogens (tertiary/aromatic N) is 1. The second-order valence-corrected chi connectivity index (χ2v) is 5.85. The topological polar surface area (TPSA) is 98.0 Å². The molecule has 0 aliphatic heterocycles. The molecule has 0 aromatic heterocycles. The molecule has 0 unspecified atom stereocenters. The van der Waals surface area contributed by atoms with Crippen LogP contribution < -0.4 is 25.8 Å². The minimum absolute atomic E-state index is 0.118. The molecule has 0 atom stereocenters. The number of carbonyl (C=O) groups excluding carboxylic acids is 1. The Morgan fingerprint density at radius 1 is 1.15 bits per heavy atom. The number of aliphatic imine (C=N–C) groups is 1. The number of rotatable bonds is 9. The van der Waals surface area contributed by atoms with Crippen molar-refractivity contribution in [3.63, 3.8) is 0 Å². The van der Waals surface area contributed by atoms with Crippen LogP contribution in [0.4, 0.5) is 5.69 Å². The highest BCUT2D eigenvalue weighted by Gasteiger charge is 1.99. The summed E-state index contributed by atoms with van der Waals surface area (Å²) in [5.41, 5.74) is 7.73. The summed E-state index contributed by atoms with van der Waals surface area (Å²) in [6, 6.07) is 15.1. The van der Waals surface area contributed by atoms with Gasteiger partial charge in [0.2, 0.25) is 5.91 Å². The Labute approximate surface area is 159 Å². The number of amides is 1. The summed E-state index contributed by atoms with van der Waals surface area (Å²) in [7, 11) is 1.65. The van der Waals surface area contributed by atoms with Crippen molar-refractivity contribution < 1.29 is 14.3 Å². The van der Waals surface area contributed by atoms with Crippen LogP contribution in [0.1, 0.15) is 12.5 Å². The van der Waals surface area contributed by atoms with E-state index >= 15 is 0 Å². The molecule has 0 spiro atoms. The molecule has 144 valence electrons. The van der Waals surface area contributed by atoms with Gasteiger partial charge < -0.3 is 25.8 Å². The summed E-state index contributed by atoms with van der Waals surface area (Å²) in [5, 5.41) is 5.73. The average Bonchev–Trinajstić information content (AvgIpc) is 2.65. The lowest BCUT2D eigenvalue weighted by atomic mass is 10.1. The van der Waals surface area contributed by atoms with Crippen molar-refractivity contribution >= 4 is 17.6 Å². The Bertz CT molecular complexity index is 760. The van der Waals surface area contributed by atoms with Crippen LogP contribution in [-0.4, -0.2) is 38.7 Å². The number of nitrogens with one attached hydrogen (secondary N) is 2. The number of guanidine groups is 1. The van der Waals surface area contributed by atoms with Gasteiger partial charge in [-0.05, 0) is 36.2 Å². The van der Waals surface area contributed by atoms with Gasteiger partial charge in [-0.1, -0.05) is 18.2 Å². The Morgan fingerprint density at radius 2 is 1.93 bits per heavy atom. The first-order chi connectivity index (χ1) is 13.1. The molecule has 2 aromatic carbocycles. The third-order valence-electron chi connectivity index (χ3n) is 3.67. The fourth-order valence-electron chi connectivity index (χ4n) is 2.37. The van der Waals surface area contributed by atoms with E-state index in [4.69, 9.17) is 15.2 Å². The predicted octanol–water partition coefficient (Wildman–Crippen LogP) is 2.18. The lowest BCUT2D eigenvalue weighted by Gasteiger charge is -2.09. The number of carbonyl (C=O) groups is 1. The van der Waals surface area contributed by atoms with E-state index in [0.717, 1.165) is 12.2 Å². The summed E-state index contributed by atoms with van der Waals surface area (Å²) in [6.45, 7) is 3.03. The zero-order chi connectivity index (χ0) is 19.5. The van der Waals surface area contributed by atoms with Crippen LogP contribution in [0.25, 0.3) is 0 Å². The lowest BCUT2D eigenvalue weighted by Crippen LogP contribution is -2.35. The fourth-order valence-corrected chi connectivity index (χ4v) is 2.37. The first-order valence-corrected chi connectivity index (χ1v) is 8.74. The van der Waals surface area contributed by atoms with Crippen molar-refractivity contribution in [1.82, 2.24) is 5.32 Å². The Hall–Kier alpha value is -3.22. The monoisotopic (exact) mass is 370 g/mol. The molecule has 27 heavy (non-hydrogen) atoms. The second kappa shape index (κ2) is 10.7. The van der Waals surface area contributed by atoms with Crippen LogP contribution >= 0.6 is 0 Å². The zero-order valence-corrected chi connectivity index (χ0v) is 15.7. The first kappa shape index (κ1) is 20.1. The van der Waals surface area contributed by atoms with Gasteiger partial charge in [-0.25, -0.2) is 0 Å². The first-order valence-electron chi connectivity index (χ1n) is 8.74. The Kier molecular flexibility index (Phi) is 7.96. The molecule has 0 saturated carbocycles. The van der Waals surface area contributed by atoms with Crippen LogP contribution in [0.15, 0.2) is 53.5 Å². The highest BCUT2D eigenvalue weighted by atomic mass is 16.5. The third kappa shape index (κ3) is 7.68. The predicted molar refractivity (Wildman–Crippen MR) is 107 cm³/mol. The largest absolute Gasteiger partial charge is 0.497 e. The van der Waals surface area contributed by atoms with Crippen LogP contribution in [0.3, 0.4) is 0 Å². The SMILES string of the molecule is COc1ccc(CCN=C(N)NCCOc2cccc(NC(C)=O)c2)cc1. The van der Waals surface area contributed by atoms with E-state index in [-0.39, 0.29) is 5.91 Å². The highest BCUT2D eigenvalue weighted by molar-refractivity contribution is 5.88. The Morgan fingerprint density at radius 3 is 2.63 bits per heavy atom. The summed E-state index contributed by atoms with van der Waals surface area (Å²) in [4.78, 5) is 15.4. The van der Waals surface area contributed by atoms with Gasteiger partial charge in [-0.15, -0.1) is 0 Å². The van der Waals surface area contributed by atoms with Crippen molar-refractivity contribution in [2.24, 2.45) is 10.7 Å². The normalized spacial score (nSPS) is 11.0. The van der Waals surface area contributed by atoms with E-state index < -0.39 is 0 Å². The summed E-state index contributed by atoms with van der Waals surface area (Å²) in [5.74, 6) is 1.79. The van der Waals surface area contributed by atoms with E-state index in [1.54, 1.807) is 19.2 Å². The van der Waals surface area contributed by atoms with Gasteiger partial charge in [0.1, 0.15) is 18.1 Å². The number of nitrogens with two attached hydrogens (primary N) is 1. The molecule has 0 saturated heterocycles. The summed E-state index contributed by atoms with van der Waals surface area (Å²) >= 11 is 0. The second-order valence-electron chi connectivity index (χ2n) is 5.85. The number of hydrogen-bond donors (Lipinski definition) is 3. The maximum Gasteiger partial charge on any atom is 0.221 e. The average molecular weight is 370 g/mol. The molecular weight excluding hydrogens is 344 g/mol. The van der Waals surface area contributed by atoms with Gasteiger partial charge in [-0.3, -0.25) is 9.79 Å². The molecular formula is C20H26N4O3. The number of methoxy groups -OCH3 is 1. The van der Waals surface area contributed by atoms with E-state index in [2.05, 4.69) is 15.6 Å². The Balaban J connectivity index is 1.67. The van der Waals surface area contributed by atoms with Crippen molar-refractivity contribution in [2.75, 3.05) is 32.1 Å². The zero-order valence-electron chi connectivity index (χ0n) is 15.7. The minimum Gasteiger partial charge on any atom is -0.497 e. The van der Waals surface area contributed by atoms with Crippen LogP contribution in [0, 0.1) is 0 Å². The summed E-state index contributed by atoms with van der Waals surface area (Å²) < 4.78 is 10.8. The van der Waals surface area contributed by atoms with Crippen LogP contribution in [0.5, 0.6) is 11.5 Å². The number of benzene rings is 2. The smallest absolute Gasteiger partial charge is 0.221 e. The lowest BCUT2D eigenvalue weighted by molar-refractivity contribution is -0.114. The van der Waals surface area contributed by atoms with Gasteiger partial charge in [-0.2, -0.15) is 0 Å². The fraction of sp³-hybridized carbons (Fsp3) is 0.300. The van der Waals surface area contributed by atoms with E-state index in [0.29, 0.717) is 37.1 Å². The van der Waals surface area contributed by atoms with Gasteiger partial charge in [0.05, 0.1) is 13.7 Å². The van der Waals surface area contributed by atoms with Crippen LogP contribution in [0.2, 0.25) is 0 Å². The minimum atomic E-state index is -0.118. The molecule has 2 rings (SSSR count). The molecule has 7 nitrogen and oxygen atoms in total. The quantitative estimate of drug-likeness (QED) is 0.357. The number of anilines is 1. The van der Waals surface area contributed by atoms with E-state index in [9.17, 15) is 4.79 Å². The van der Waals surface area contributed by atoms with Crippen molar-refractivity contribution in [2.45, 2.75) is 13.3 Å². The number of hydrogen-bond acceptors (Lipinski definition) is 4. The molecule has 1 amide bonds. The molecule has 0 bridgehead atoms. The van der Waals surface area contributed by atoms with E-state index in [1.807, 2.05) is 36.4 Å². The molecule has 0 fully saturated rings. The summed E-state index contributed by atoms with van der Waals surface area (Å²) in [6.07, 6.45) is 0.804. The molecule has 7 heteroatoms. The third-order valence-corrected chi connectivity index (χ3v) is 3.67. The van der Waals surface area contributed by atoms with Gasteiger partial charge in [0.25, 0.3) is 0 Å². The molecule has 2 aromatic rings. The molecule has 0 heterocycles. The van der Waals surface area contributed by atoms with Gasteiger partial charge in [0, 0.05) is 25.2 Å². The van der Waals surface area contributed by atoms with Crippen molar-refractivity contribution in [3.05, 3.63) is 54.1 Å². The number of ether oxygens (including phenoxy) is 2. The molecule has 0 radical (unpaired) electrons. The van der Waals surface area contributed by atoms with Crippen molar-refractivity contribution in [1.29, 1.82) is 0 Å². The standard InChI is InChI=1S/C20H26N4O3/c1-15(25)24-17-4-3-5-19(14-17)27-13-12-23-20(21)22-11-10-16-6-8-18(26-2)9-7-16/h3-9,14H,10-13H2,1-2H3,(H,24,25)(H3,21,22,23). The van der Waals surface area contributed by atoms with Crippen molar-refractivity contribution in [3.8, 4) is 11.5 Å². The van der Waals surface area contributed by atoms with Crippen LogP contribution in [-0.2, 0) is 11.2 Å². The van der Waals surface area contributed by atoms with Gasteiger partial charge >= 0.3 is 0 Å². The maximum absolute atomic E-state index is 11.1. The molecule has 0 aliphatic rings. The highest BCUT2D eigenvalue weighted by Crippen LogP contribution is 2.17.